The van der Waals surface area contributed by atoms with Gasteiger partial charge in [0.15, 0.2) is 5.69 Å². The average Bonchev–Trinajstić information content (AvgIpc) is 3.54. The second-order valence-corrected chi connectivity index (χ2v) is 7.78. The summed E-state index contributed by atoms with van der Waals surface area (Å²) >= 11 is 0. The van der Waals surface area contributed by atoms with Crippen molar-refractivity contribution in [2.75, 3.05) is 17.2 Å². The molecule has 176 valence electrons. The number of aromatic carboxylic acids is 1. The van der Waals surface area contributed by atoms with Gasteiger partial charge >= 0.3 is 12.1 Å². The molecule has 0 saturated heterocycles. The van der Waals surface area contributed by atoms with Crippen LogP contribution >= 0.6 is 0 Å². The molecule has 4 N–H and O–H groups in total. The first kappa shape index (κ1) is 21.8. The number of carboxylic acids is 1. The molecule has 1 aliphatic carbocycles. The van der Waals surface area contributed by atoms with Gasteiger partial charge in [-0.15, -0.1) is 5.10 Å². The topological polar surface area (TPSA) is 164 Å². The number of carbonyl (C=O) groups is 3. The number of carbonyl (C=O) groups excluding carboxylic acids is 2. The zero-order valence-electron chi connectivity index (χ0n) is 18.3. The standard InChI is InChI=1S/C23H19N7O5/c1-30-10-17(18(29-30)21(32)33)24-20(31)19-25-22(28-27-19)26-23(34)35-11-16-14-8-4-2-6-12(14)13-7-3-5-9-15(13)16/h2-10,16H,11H2,1H3,(H,24,31)(H,32,33)(H2,25,26,27,28,34). The number of benzene rings is 2. The van der Waals surface area contributed by atoms with Crippen LogP contribution in [-0.4, -0.2) is 54.6 Å². The Bertz CT molecular complexity index is 1410. The molecule has 1 aliphatic rings. The summed E-state index contributed by atoms with van der Waals surface area (Å²) in [6.45, 7) is 0.108. The normalized spacial score (nSPS) is 12.0. The molecule has 2 amide bonds. The van der Waals surface area contributed by atoms with Gasteiger partial charge in [-0.2, -0.15) is 10.1 Å². The van der Waals surface area contributed by atoms with Gasteiger partial charge in [-0.25, -0.2) is 9.59 Å². The number of nitrogens with zero attached hydrogens (tertiary/aromatic N) is 4. The van der Waals surface area contributed by atoms with Gasteiger partial charge in [0, 0.05) is 19.2 Å². The average molecular weight is 473 g/mol. The Kier molecular flexibility index (Phi) is 5.45. The van der Waals surface area contributed by atoms with Crippen LogP contribution in [0.2, 0.25) is 0 Å². The number of rotatable bonds is 6. The van der Waals surface area contributed by atoms with E-state index in [9.17, 15) is 19.5 Å². The van der Waals surface area contributed by atoms with Crippen molar-refractivity contribution in [1.29, 1.82) is 0 Å². The molecule has 0 atom stereocenters. The fourth-order valence-electron chi connectivity index (χ4n) is 4.06. The highest BCUT2D eigenvalue weighted by atomic mass is 16.5. The molecule has 0 unspecified atom stereocenters. The van der Waals surface area contributed by atoms with Gasteiger partial charge in [0.1, 0.15) is 6.61 Å². The van der Waals surface area contributed by atoms with Gasteiger partial charge in [-0.1, -0.05) is 48.5 Å². The van der Waals surface area contributed by atoms with Crippen LogP contribution in [0.15, 0.2) is 54.7 Å². The summed E-state index contributed by atoms with van der Waals surface area (Å²) in [5.74, 6) is -2.56. The number of fused-ring (bicyclic) bond motifs is 3. The van der Waals surface area contributed by atoms with Gasteiger partial charge < -0.3 is 15.2 Å². The summed E-state index contributed by atoms with van der Waals surface area (Å²) < 4.78 is 6.69. The Labute approximate surface area is 198 Å². The zero-order valence-corrected chi connectivity index (χ0v) is 18.3. The van der Waals surface area contributed by atoms with Crippen LogP contribution in [0.3, 0.4) is 0 Å². The van der Waals surface area contributed by atoms with E-state index in [2.05, 4.69) is 30.9 Å². The molecular weight excluding hydrogens is 454 g/mol. The quantitative estimate of drug-likeness (QED) is 0.332. The van der Waals surface area contributed by atoms with Gasteiger partial charge in [0.25, 0.3) is 11.9 Å². The van der Waals surface area contributed by atoms with Crippen molar-refractivity contribution in [2.45, 2.75) is 5.92 Å². The Morgan fingerprint density at radius 3 is 2.37 bits per heavy atom. The van der Waals surface area contributed by atoms with Crippen LogP contribution in [0, 0.1) is 0 Å². The van der Waals surface area contributed by atoms with Gasteiger partial charge in [0.05, 0.1) is 5.69 Å². The smallest absolute Gasteiger partial charge is 0.414 e. The highest BCUT2D eigenvalue weighted by molar-refractivity contribution is 6.05. The lowest BCUT2D eigenvalue weighted by atomic mass is 9.98. The molecule has 0 aliphatic heterocycles. The van der Waals surface area contributed by atoms with Crippen molar-refractivity contribution in [3.63, 3.8) is 0 Å². The van der Waals surface area contributed by atoms with Crippen LogP contribution < -0.4 is 10.6 Å². The summed E-state index contributed by atoms with van der Waals surface area (Å²) in [7, 11) is 1.52. The third kappa shape index (κ3) is 4.19. The summed E-state index contributed by atoms with van der Waals surface area (Å²) in [5.41, 5.74) is 4.05. The van der Waals surface area contributed by atoms with E-state index in [1.165, 1.54) is 17.9 Å². The number of aromatic amines is 1. The van der Waals surface area contributed by atoms with Crippen LogP contribution in [-0.2, 0) is 11.8 Å². The lowest BCUT2D eigenvalue weighted by molar-refractivity contribution is 0.0690. The molecule has 0 radical (unpaired) electrons. The molecule has 12 heteroatoms. The summed E-state index contributed by atoms with van der Waals surface area (Å²) in [5, 5.41) is 23.9. The van der Waals surface area contributed by atoms with Crippen molar-refractivity contribution in [1.82, 2.24) is 25.0 Å². The van der Waals surface area contributed by atoms with Crippen molar-refractivity contribution in [2.24, 2.45) is 7.05 Å². The van der Waals surface area contributed by atoms with E-state index in [1.807, 2.05) is 48.5 Å². The second kappa shape index (κ2) is 8.74. The maximum Gasteiger partial charge on any atom is 0.414 e. The predicted octanol–water partition coefficient (Wildman–Crippen LogP) is 2.85. The Balaban J connectivity index is 1.22. The maximum absolute atomic E-state index is 12.4. The molecule has 0 fully saturated rings. The van der Waals surface area contributed by atoms with E-state index in [0.29, 0.717) is 0 Å². The third-order valence-corrected chi connectivity index (χ3v) is 5.54. The van der Waals surface area contributed by atoms with Gasteiger partial charge in [-0.3, -0.25) is 19.9 Å². The Hall–Kier alpha value is -5.00. The van der Waals surface area contributed by atoms with E-state index in [1.54, 1.807) is 0 Å². The minimum atomic E-state index is -1.30. The van der Waals surface area contributed by atoms with E-state index in [-0.39, 0.29) is 35.7 Å². The Morgan fingerprint density at radius 2 is 1.71 bits per heavy atom. The Morgan fingerprint density at radius 1 is 1.06 bits per heavy atom. The summed E-state index contributed by atoms with van der Waals surface area (Å²) in [4.78, 5) is 40.0. The number of hydrogen-bond donors (Lipinski definition) is 4. The molecule has 2 aromatic carbocycles. The molecule has 0 spiro atoms. The molecule has 4 aromatic rings. The van der Waals surface area contributed by atoms with E-state index < -0.39 is 18.0 Å². The van der Waals surface area contributed by atoms with Crippen molar-refractivity contribution < 1.29 is 24.2 Å². The van der Waals surface area contributed by atoms with Gasteiger partial charge in [0.2, 0.25) is 5.82 Å². The van der Waals surface area contributed by atoms with E-state index in [0.717, 1.165) is 22.3 Å². The number of ether oxygens (including phenoxy) is 1. The number of carboxylic acid groups (broad SMARTS) is 1. The number of nitrogens with one attached hydrogen (secondary N) is 3. The molecule has 12 nitrogen and oxygen atoms in total. The third-order valence-electron chi connectivity index (χ3n) is 5.54. The van der Waals surface area contributed by atoms with E-state index >= 15 is 0 Å². The highest BCUT2D eigenvalue weighted by Crippen LogP contribution is 2.44. The van der Waals surface area contributed by atoms with Gasteiger partial charge in [-0.05, 0) is 22.3 Å². The lowest BCUT2D eigenvalue weighted by Gasteiger charge is -2.13. The molecule has 2 heterocycles. The number of hydrogen-bond acceptors (Lipinski definition) is 7. The minimum Gasteiger partial charge on any atom is -0.476 e. The molecule has 2 aromatic heterocycles. The highest BCUT2D eigenvalue weighted by Gasteiger charge is 2.29. The molecule has 0 saturated carbocycles. The largest absolute Gasteiger partial charge is 0.476 e. The number of aromatic nitrogens is 5. The summed E-state index contributed by atoms with van der Waals surface area (Å²) in [6.07, 6.45) is 0.561. The van der Waals surface area contributed by atoms with E-state index in [4.69, 9.17) is 4.74 Å². The number of aryl methyl sites for hydroxylation is 1. The van der Waals surface area contributed by atoms with Crippen LogP contribution in [0.4, 0.5) is 16.4 Å². The fraction of sp³-hybridized carbons (Fsp3) is 0.130. The predicted molar refractivity (Wildman–Crippen MR) is 123 cm³/mol. The monoisotopic (exact) mass is 473 g/mol. The molecular formula is C23H19N7O5. The number of amides is 2. The number of anilines is 2. The second-order valence-electron chi connectivity index (χ2n) is 7.78. The number of H-pyrrole nitrogens is 1. The molecule has 35 heavy (non-hydrogen) atoms. The van der Waals surface area contributed by atoms with Crippen molar-refractivity contribution in [3.05, 3.63) is 77.4 Å². The first-order chi connectivity index (χ1) is 16.9. The lowest BCUT2D eigenvalue weighted by Crippen LogP contribution is -2.19. The minimum absolute atomic E-state index is 0.00700. The summed E-state index contributed by atoms with van der Waals surface area (Å²) in [6, 6.07) is 15.9. The first-order valence-corrected chi connectivity index (χ1v) is 10.5. The zero-order chi connectivity index (χ0) is 24.5. The van der Waals surface area contributed by atoms with Crippen LogP contribution in [0.1, 0.15) is 38.2 Å². The van der Waals surface area contributed by atoms with Crippen LogP contribution in [0.25, 0.3) is 11.1 Å². The SMILES string of the molecule is Cn1cc(NC(=O)c2nc(NC(=O)OCC3c4ccccc4-c4ccccc43)n[nH]2)c(C(=O)O)n1. The van der Waals surface area contributed by atoms with Crippen LogP contribution in [0.5, 0.6) is 0 Å². The fourth-order valence-corrected chi connectivity index (χ4v) is 4.06. The first-order valence-electron chi connectivity index (χ1n) is 10.5. The van der Waals surface area contributed by atoms with Crippen molar-refractivity contribution in [3.8, 4) is 11.1 Å². The maximum atomic E-state index is 12.4. The van der Waals surface area contributed by atoms with Crippen molar-refractivity contribution >= 4 is 29.6 Å². The molecule has 0 bridgehead atoms. The molecule has 5 rings (SSSR count).